The Morgan fingerprint density at radius 1 is 1.39 bits per heavy atom. The van der Waals surface area contributed by atoms with Crippen molar-refractivity contribution in [1.82, 2.24) is 5.32 Å². The molecule has 4 nitrogen and oxygen atoms in total. The Balaban J connectivity index is 2.31. The normalized spacial score (nSPS) is 11.0. The zero-order valence-corrected chi connectivity index (χ0v) is 10.6. The van der Waals surface area contributed by atoms with E-state index in [1.807, 2.05) is 48.8 Å². The highest BCUT2D eigenvalue weighted by Crippen LogP contribution is 2.24. The molecule has 1 N–H and O–H groups in total. The summed E-state index contributed by atoms with van der Waals surface area (Å²) in [5, 5.41) is 11.7. The fraction of sp³-hybridized carbons (Fsp3) is 0.0769. The summed E-state index contributed by atoms with van der Waals surface area (Å²) in [4.78, 5) is 4.34. The molecule has 0 unspecified atom stereocenters. The second kappa shape index (κ2) is 5.94. The second-order valence-corrected chi connectivity index (χ2v) is 4.18. The van der Waals surface area contributed by atoms with Crippen LogP contribution in [0.4, 0.5) is 5.69 Å². The standard InChI is InChI=1S/C13H11N3OS/c1-18-13(15-9-14)16-11-5-2-4-10(8-11)12-6-3-7-17-12/h2-8H,1H3,(H,15,16). The molecule has 0 saturated carbocycles. The van der Waals surface area contributed by atoms with Crippen molar-refractivity contribution in [2.45, 2.75) is 0 Å². The molecule has 1 heterocycles. The number of amidine groups is 1. The third kappa shape index (κ3) is 2.93. The molecule has 0 aliphatic rings. The van der Waals surface area contributed by atoms with Gasteiger partial charge in [0.15, 0.2) is 11.4 Å². The van der Waals surface area contributed by atoms with E-state index in [1.165, 1.54) is 11.8 Å². The van der Waals surface area contributed by atoms with E-state index in [-0.39, 0.29) is 0 Å². The first-order valence-corrected chi connectivity index (χ1v) is 6.47. The number of rotatable bonds is 2. The van der Waals surface area contributed by atoms with Gasteiger partial charge in [0.05, 0.1) is 12.0 Å². The maximum absolute atomic E-state index is 8.58. The number of aliphatic imine (C=N–C) groups is 1. The Morgan fingerprint density at radius 2 is 2.28 bits per heavy atom. The third-order valence-corrected chi connectivity index (χ3v) is 2.82. The second-order valence-electron chi connectivity index (χ2n) is 3.39. The van der Waals surface area contributed by atoms with Gasteiger partial charge >= 0.3 is 0 Å². The lowest BCUT2D eigenvalue weighted by Crippen LogP contribution is -2.12. The summed E-state index contributed by atoms with van der Waals surface area (Å²) in [6.07, 6.45) is 5.36. The molecule has 0 amide bonds. The molecule has 0 saturated heterocycles. The first-order valence-electron chi connectivity index (χ1n) is 5.25. The maximum Gasteiger partial charge on any atom is 0.183 e. The van der Waals surface area contributed by atoms with E-state index >= 15 is 0 Å². The Kier molecular flexibility index (Phi) is 4.05. The van der Waals surface area contributed by atoms with Crippen LogP contribution in [0.1, 0.15) is 0 Å². The van der Waals surface area contributed by atoms with Gasteiger partial charge in [-0.3, -0.25) is 5.32 Å². The van der Waals surface area contributed by atoms with E-state index in [4.69, 9.17) is 9.68 Å². The Bertz CT molecular complexity index is 585. The fourth-order valence-electron chi connectivity index (χ4n) is 1.46. The van der Waals surface area contributed by atoms with Crippen molar-refractivity contribution in [2.24, 2.45) is 4.99 Å². The molecule has 0 spiro atoms. The van der Waals surface area contributed by atoms with Gasteiger partial charge in [0.25, 0.3) is 0 Å². The van der Waals surface area contributed by atoms with Crippen LogP contribution < -0.4 is 5.32 Å². The third-order valence-electron chi connectivity index (χ3n) is 2.24. The fourth-order valence-corrected chi connectivity index (χ4v) is 1.81. The van der Waals surface area contributed by atoms with Crippen LogP contribution in [0, 0.1) is 11.5 Å². The minimum absolute atomic E-state index is 0.564. The van der Waals surface area contributed by atoms with Gasteiger partial charge in [0.1, 0.15) is 5.76 Å². The number of furan rings is 1. The lowest BCUT2D eigenvalue weighted by Gasteiger charge is -2.01. The maximum atomic E-state index is 8.58. The smallest absolute Gasteiger partial charge is 0.183 e. The van der Waals surface area contributed by atoms with Crippen molar-refractivity contribution in [3.63, 3.8) is 0 Å². The molecule has 2 aromatic rings. The van der Waals surface area contributed by atoms with Crippen LogP contribution in [0.5, 0.6) is 0 Å². The zero-order chi connectivity index (χ0) is 12.8. The molecule has 0 atom stereocenters. The SMILES string of the molecule is CSC(=Nc1cccc(-c2ccco2)c1)NC#N. The van der Waals surface area contributed by atoms with Crippen molar-refractivity contribution in [3.8, 4) is 17.5 Å². The van der Waals surface area contributed by atoms with Crippen LogP contribution in [-0.4, -0.2) is 11.4 Å². The van der Waals surface area contributed by atoms with Crippen LogP contribution >= 0.6 is 11.8 Å². The van der Waals surface area contributed by atoms with Crippen molar-refractivity contribution in [2.75, 3.05) is 6.26 Å². The minimum Gasteiger partial charge on any atom is -0.464 e. The van der Waals surface area contributed by atoms with Gasteiger partial charge in [0.2, 0.25) is 0 Å². The van der Waals surface area contributed by atoms with Crippen molar-refractivity contribution >= 4 is 22.6 Å². The molecule has 0 aliphatic carbocycles. The van der Waals surface area contributed by atoms with Gasteiger partial charge in [-0.2, -0.15) is 5.26 Å². The van der Waals surface area contributed by atoms with E-state index in [1.54, 1.807) is 6.26 Å². The number of nitriles is 1. The molecule has 18 heavy (non-hydrogen) atoms. The monoisotopic (exact) mass is 257 g/mol. The summed E-state index contributed by atoms with van der Waals surface area (Å²) >= 11 is 1.39. The van der Waals surface area contributed by atoms with E-state index in [2.05, 4.69) is 10.3 Å². The highest BCUT2D eigenvalue weighted by atomic mass is 32.2. The van der Waals surface area contributed by atoms with Gasteiger partial charge in [-0.15, -0.1) is 0 Å². The van der Waals surface area contributed by atoms with Crippen LogP contribution in [0.3, 0.4) is 0 Å². The lowest BCUT2D eigenvalue weighted by atomic mass is 10.1. The highest BCUT2D eigenvalue weighted by Gasteiger charge is 2.02. The summed E-state index contributed by atoms with van der Waals surface area (Å²) < 4.78 is 5.33. The number of benzene rings is 1. The summed E-state index contributed by atoms with van der Waals surface area (Å²) in [5.41, 5.74) is 1.73. The van der Waals surface area contributed by atoms with E-state index in [0.29, 0.717) is 5.17 Å². The first-order chi connectivity index (χ1) is 8.83. The minimum atomic E-state index is 0.564. The molecule has 0 radical (unpaired) electrons. The predicted octanol–water partition coefficient (Wildman–Crippen LogP) is 3.37. The van der Waals surface area contributed by atoms with Crippen LogP contribution in [-0.2, 0) is 0 Å². The van der Waals surface area contributed by atoms with Crippen molar-refractivity contribution in [3.05, 3.63) is 42.7 Å². The van der Waals surface area contributed by atoms with E-state index in [9.17, 15) is 0 Å². The topological polar surface area (TPSA) is 61.3 Å². The van der Waals surface area contributed by atoms with Crippen molar-refractivity contribution in [1.29, 1.82) is 5.26 Å². The van der Waals surface area contributed by atoms with Gasteiger partial charge < -0.3 is 4.42 Å². The Morgan fingerprint density at radius 3 is 2.94 bits per heavy atom. The Labute approximate surface area is 109 Å². The average Bonchev–Trinajstić information content (AvgIpc) is 2.92. The van der Waals surface area contributed by atoms with Gasteiger partial charge in [-0.25, -0.2) is 4.99 Å². The molecule has 0 fully saturated rings. The molecule has 0 aliphatic heterocycles. The number of nitrogens with zero attached hydrogens (tertiary/aromatic N) is 2. The van der Waals surface area contributed by atoms with Gasteiger partial charge in [-0.1, -0.05) is 23.9 Å². The van der Waals surface area contributed by atoms with Gasteiger partial charge in [-0.05, 0) is 30.5 Å². The van der Waals surface area contributed by atoms with E-state index in [0.717, 1.165) is 17.0 Å². The van der Waals surface area contributed by atoms with Crippen LogP contribution in [0.2, 0.25) is 0 Å². The summed E-state index contributed by atoms with van der Waals surface area (Å²) in [7, 11) is 0. The van der Waals surface area contributed by atoms with Crippen LogP contribution in [0.15, 0.2) is 52.1 Å². The number of nitrogens with one attached hydrogen (secondary N) is 1. The molecule has 1 aromatic carbocycles. The summed E-state index contributed by atoms with van der Waals surface area (Å²) in [6.45, 7) is 0. The largest absolute Gasteiger partial charge is 0.464 e. The first kappa shape index (κ1) is 12.3. The molecule has 5 heteroatoms. The Hall–Kier alpha value is -2.19. The predicted molar refractivity (Wildman–Crippen MR) is 73.5 cm³/mol. The molecule has 0 bridgehead atoms. The van der Waals surface area contributed by atoms with Crippen molar-refractivity contribution < 1.29 is 4.42 Å². The molecular weight excluding hydrogens is 246 g/mol. The highest BCUT2D eigenvalue weighted by molar-refractivity contribution is 8.13. The molecule has 2 rings (SSSR count). The quantitative estimate of drug-likeness (QED) is 0.388. The van der Waals surface area contributed by atoms with E-state index < -0.39 is 0 Å². The molecular formula is C13H11N3OS. The zero-order valence-electron chi connectivity index (χ0n) is 9.75. The molecule has 1 aromatic heterocycles. The number of thioether (sulfide) groups is 1. The summed E-state index contributed by atoms with van der Waals surface area (Å²) in [6, 6.07) is 11.4. The average molecular weight is 257 g/mol. The molecule has 90 valence electrons. The van der Waals surface area contributed by atoms with Crippen LogP contribution in [0.25, 0.3) is 11.3 Å². The lowest BCUT2D eigenvalue weighted by molar-refractivity contribution is 0.582. The number of hydrogen-bond donors (Lipinski definition) is 1. The van der Waals surface area contributed by atoms with Gasteiger partial charge in [0, 0.05) is 5.56 Å². The number of hydrogen-bond acceptors (Lipinski definition) is 4. The summed E-state index contributed by atoms with van der Waals surface area (Å²) in [5.74, 6) is 0.797.